The molecule has 0 spiro atoms. The molecule has 1 aromatic rings. The van der Waals surface area contributed by atoms with E-state index in [9.17, 15) is 0 Å². The highest BCUT2D eigenvalue weighted by atomic mass is 16.5. The van der Waals surface area contributed by atoms with E-state index < -0.39 is 0 Å². The summed E-state index contributed by atoms with van der Waals surface area (Å²) in [5, 5.41) is 4.04. The van der Waals surface area contributed by atoms with Crippen LogP contribution in [0.15, 0.2) is 4.52 Å². The molecule has 84 valence electrons. The van der Waals surface area contributed by atoms with Crippen LogP contribution in [0.1, 0.15) is 56.7 Å². The van der Waals surface area contributed by atoms with Crippen molar-refractivity contribution in [1.82, 2.24) is 10.1 Å². The van der Waals surface area contributed by atoms with Crippen LogP contribution in [-0.4, -0.2) is 16.7 Å². The molecule has 0 aliphatic heterocycles. The lowest BCUT2D eigenvalue weighted by molar-refractivity contribution is 0.343. The normalized spacial score (nSPS) is 26.6. The third kappa shape index (κ3) is 2.20. The maximum Gasteiger partial charge on any atom is 0.231 e. The van der Waals surface area contributed by atoms with Crippen molar-refractivity contribution in [2.75, 3.05) is 6.54 Å². The first-order valence-corrected chi connectivity index (χ1v) is 5.79. The molecule has 0 saturated heterocycles. The van der Waals surface area contributed by atoms with Crippen LogP contribution < -0.4 is 5.73 Å². The highest BCUT2D eigenvalue weighted by Crippen LogP contribution is 2.45. The van der Waals surface area contributed by atoms with Gasteiger partial charge in [0.1, 0.15) is 0 Å². The van der Waals surface area contributed by atoms with Crippen LogP contribution in [0, 0.1) is 5.92 Å². The Morgan fingerprint density at radius 1 is 1.60 bits per heavy atom. The summed E-state index contributed by atoms with van der Waals surface area (Å²) in [6.45, 7) is 4.95. The summed E-state index contributed by atoms with van der Waals surface area (Å²) < 4.78 is 5.28. The number of hydrogen-bond donors (Lipinski definition) is 1. The Kier molecular flexibility index (Phi) is 3.05. The molecule has 0 amide bonds. The van der Waals surface area contributed by atoms with Crippen LogP contribution in [0.4, 0.5) is 0 Å². The van der Waals surface area contributed by atoms with Gasteiger partial charge in [-0.05, 0) is 18.8 Å². The van der Waals surface area contributed by atoms with E-state index in [2.05, 4.69) is 24.0 Å². The third-order valence-electron chi connectivity index (χ3n) is 3.17. The second kappa shape index (κ2) is 4.31. The van der Waals surface area contributed by atoms with Crippen LogP contribution in [0.25, 0.3) is 0 Å². The van der Waals surface area contributed by atoms with Crippen molar-refractivity contribution in [2.45, 2.75) is 44.9 Å². The summed E-state index contributed by atoms with van der Waals surface area (Å²) in [6.07, 6.45) is 3.32. The van der Waals surface area contributed by atoms with Gasteiger partial charge >= 0.3 is 0 Å². The van der Waals surface area contributed by atoms with Crippen molar-refractivity contribution < 1.29 is 4.52 Å². The molecule has 15 heavy (non-hydrogen) atoms. The summed E-state index contributed by atoms with van der Waals surface area (Å²) in [5.74, 6) is 3.10. The third-order valence-corrected chi connectivity index (χ3v) is 3.17. The summed E-state index contributed by atoms with van der Waals surface area (Å²) in [5.41, 5.74) is 5.69. The molecule has 0 bridgehead atoms. The smallest absolute Gasteiger partial charge is 0.231 e. The first-order chi connectivity index (χ1) is 7.26. The van der Waals surface area contributed by atoms with Gasteiger partial charge in [-0.3, -0.25) is 0 Å². The zero-order valence-corrected chi connectivity index (χ0v) is 9.44. The second-order valence-electron chi connectivity index (χ2n) is 4.53. The van der Waals surface area contributed by atoms with Crippen molar-refractivity contribution in [3.63, 3.8) is 0 Å². The minimum atomic E-state index is 0.241. The average Bonchev–Trinajstić information content (AvgIpc) is 2.80. The number of nitrogens with zero attached hydrogens (tertiary/aromatic N) is 2. The Labute approximate surface area is 90.2 Å². The summed E-state index contributed by atoms with van der Waals surface area (Å²) >= 11 is 0. The monoisotopic (exact) mass is 209 g/mol. The predicted molar refractivity (Wildman–Crippen MR) is 57.5 cm³/mol. The molecule has 0 aromatic carbocycles. The molecule has 1 aliphatic carbocycles. The fraction of sp³-hybridized carbons (Fsp3) is 0.818. The van der Waals surface area contributed by atoms with Crippen molar-refractivity contribution in [1.29, 1.82) is 0 Å². The Hall–Kier alpha value is -0.900. The topological polar surface area (TPSA) is 64.9 Å². The van der Waals surface area contributed by atoms with E-state index in [0.717, 1.165) is 30.5 Å². The lowest BCUT2D eigenvalue weighted by Gasteiger charge is -2.06. The molecule has 3 unspecified atom stereocenters. The lowest BCUT2D eigenvalue weighted by atomic mass is 10.0. The van der Waals surface area contributed by atoms with E-state index >= 15 is 0 Å². The minimum Gasteiger partial charge on any atom is -0.339 e. The molecular formula is C11H19N3O. The van der Waals surface area contributed by atoms with Crippen molar-refractivity contribution in [2.24, 2.45) is 11.7 Å². The van der Waals surface area contributed by atoms with Gasteiger partial charge in [0.05, 0.1) is 5.92 Å². The van der Waals surface area contributed by atoms with E-state index in [0.29, 0.717) is 12.5 Å². The van der Waals surface area contributed by atoms with Gasteiger partial charge in [-0.15, -0.1) is 0 Å². The minimum absolute atomic E-state index is 0.241. The molecule has 2 rings (SSSR count). The highest BCUT2D eigenvalue weighted by Gasteiger charge is 2.38. The van der Waals surface area contributed by atoms with Crippen LogP contribution in [0.5, 0.6) is 0 Å². The van der Waals surface area contributed by atoms with E-state index in [4.69, 9.17) is 10.3 Å². The molecule has 1 heterocycles. The molecule has 1 aliphatic rings. The largest absolute Gasteiger partial charge is 0.339 e. The Balaban J connectivity index is 2.04. The van der Waals surface area contributed by atoms with E-state index in [1.165, 1.54) is 6.42 Å². The molecule has 0 radical (unpaired) electrons. The molecular weight excluding hydrogens is 190 g/mol. The van der Waals surface area contributed by atoms with Gasteiger partial charge in [0.15, 0.2) is 5.82 Å². The van der Waals surface area contributed by atoms with Crippen molar-refractivity contribution in [3.8, 4) is 0 Å². The zero-order chi connectivity index (χ0) is 10.8. The first kappa shape index (κ1) is 10.6. The molecule has 4 heteroatoms. The van der Waals surface area contributed by atoms with Gasteiger partial charge in [-0.25, -0.2) is 0 Å². The van der Waals surface area contributed by atoms with Gasteiger partial charge in [0.2, 0.25) is 5.89 Å². The molecule has 3 atom stereocenters. The molecule has 2 N–H and O–H groups in total. The van der Waals surface area contributed by atoms with Gasteiger partial charge in [0.25, 0.3) is 0 Å². The summed E-state index contributed by atoms with van der Waals surface area (Å²) in [7, 11) is 0. The first-order valence-electron chi connectivity index (χ1n) is 5.79. The molecule has 1 aromatic heterocycles. The Bertz CT molecular complexity index is 323. The molecule has 1 saturated carbocycles. The summed E-state index contributed by atoms with van der Waals surface area (Å²) in [4.78, 5) is 4.45. The zero-order valence-electron chi connectivity index (χ0n) is 9.44. The number of aromatic nitrogens is 2. The van der Waals surface area contributed by atoms with E-state index in [1.54, 1.807) is 0 Å². The second-order valence-corrected chi connectivity index (χ2v) is 4.53. The van der Waals surface area contributed by atoms with Gasteiger partial charge < -0.3 is 10.3 Å². The van der Waals surface area contributed by atoms with Crippen LogP contribution >= 0.6 is 0 Å². The van der Waals surface area contributed by atoms with Crippen LogP contribution in [-0.2, 0) is 0 Å². The van der Waals surface area contributed by atoms with E-state index in [1.807, 2.05) is 0 Å². The average molecular weight is 209 g/mol. The fourth-order valence-corrected chi connectivity index (χ4v) is 1.94. The SMILES string of the molecule is CCCC(CN)c1nc(C2CC2C)no1. The maximum atomic E-state index is 5.69. The van der Waals surface area contributed by atoms with E-state index in [-0.39, 0.29) is 5.92 Å². The predicted octanol–water partition coefficient (Wildman–Crippen LogP) is 2.04. The van der Waals surface area contributed by atoms with Crippen LogP contribution in [0.2, 0.25) is 0 Å². The summed E-state index contributed by atoms with van der Waals surface area (Å²) in [6, 6.07) is 0. The fourth-order valence-electron chi connectivity index (χ4n) is 1.94. The van der Waals surface area contributed by atoms with Gasteiger partial charge in [-0.2, -0.15) is 4.98 Å². The van der Waals surface area contributed by atoms with Crippen LogP contribution in [0.3, 0.4) is 0 Å². The Morgan fingerprint density at radius 2 is 2.33 bits per heavy atom. The number of rotatable bonds is 5. The van der Waals surface area contributed by atoms with Crippen molar-refractivity contribution in [3.05, 3.63) is 11.7 Å². The molecule has 4 nitrogen and oxygen atoms in total. The number of nitrogens with two attached hydrogens (primary N) is 1. The Morgan fingerprint density at radius 3 is 2.87 bits per heavy atom. The van der Waals surface area contributed by atoms with Crippen molar-refractivity contribution >= 4 is 0 Å². The lowest BCUT2D eigenvalue weighted by Crippen LogP contribution is -2.12. The standard InChI is InChI=1S/C11H19N3O/c1-3-4-8(6-12)11-13-10(14-15-11)9-5-7(9)2/h7-9H,3-6,12H2,1-2H3. The number of hydrogen-bond acceptors (Lipinski definition) is 4. The maximum absolute atomic E-state index is 5.69. The van der Waals surface area contributed by atoms with Gasteiger partial charge in [-0.1, -0.05) is 25.4 Å². The highest BCUT2D eigenvalue weighted by molar-refractivity contribution is 5.08. The molecule has 1 fully saturated rings. The quantitative estimate of drug-likeness (QED) is 0.805. The van der Waals surface area contributed by atoms with Gasteiger partial charge in [0, 0.05) is 12.5 Å².